The molecule has 0 aromatic carbocycles. The van der Waals surface area contributed by atoms with Gasteiger partial charge in [-0.15, -0.1) is 0 Å². The summed E-state index contributed by atoms with van der Waals surface area (Å²) in [5.41, 5.74) is -0.630. The van der Waals surface area contributed by atoms with Crippen LogP contribution in [-0.4, -0.2) is 39.5 Å². The van der Waals surface area contributed by atoms with Crippen LogP contribution in [0.3, 0.4) is 0 Å². The molecule has 1 amide bonds. The smallest absolute Gasteiger partial charge is 0.231 e. The molecule has 0 atom stereocenters. The Morgan fingerprint density at radius 3 is 2.47 bits per heavy atom. The van der Waals surface area contributed by atoms with Crippen LogP contribution in [0.25, 0.3) is 0 Å². The summed E-state index contributed by atoms with van der Waals surface area (Å²) in [6.45, 7) is 5.79. The highest BCUT2D eigenvalue weighted by molar-refractivity contribution is 8.23. The molecular weight excluding hydrogens is 278 g/mol. The Morgan fingerprint density at radius 1 is 1.42 bits per heavy atom. The maximum absolute atomic E-state index is 11.9. The monoisotopic (exact) mass is 299 g/mol. The van der Waals surface area contributed by atoms with E-state index < -0.39 is 5.54 Å². The van der Waals surface area contributed by atoms with Gasteiger partial charge in [0, 0.05) is 13.1 Å². The number of amides is 1. The van der Waals surface area contributed by atoms with Gasteiger partial charge in [0.15, 0.2) is 0 Å². The molecule has 0 heterocycles. The van der Waals surface area contributed by atoms with E-state index in [4.69, 9.17) is 12.2 Å². The largest absolute Gasteiger partial charge is 0.358 e. The van der Waals surface area contributed by atoms with Crippen LogP contribution in [0, 0.1) is 11.3 Å². The Morgan fingerprint density at radius 2 is 2.00 bits per heavy atom. The van der Waals surface area contributed by atoms with E-state index in [-0.39, 0.29) is 5.91 Å². The standard InChI is InChI=1S/C13H21N3OS2/c1-3-16(4-2)12(18)19-9-11(17)15-13(10-14)7-5-6-8-13/h3-9H2,1-2H3,(H,15,17). The van der Waals surface area contributed by atoms with Crippen molar-refractivity contribution in [3.8, 4) is 6.07 Å². The lowest BCUT2D eigenvalue weighted by Crippen LogP contribution is -2.46. The Hall–Kier alpha value is -0.800. The van der Waals surface area contributed by atoms with Gasteiger partial charge in [-0.05, 0) is 39.5 Å². The fourth-order valence-corrected chi connectivity index (χ4v) is 3.45. The van der Waals surface area contributed by atoms with Crippen LogP contribution in [0.15, 0.2) is 0 Å². The Bertz CT molecular complexity index is 369. The van der Waals surface area contributed by atoms with Gasteiger partial charge in [0.25, 0.3) is 0 Å². The second-order valence-corrected chi connectivity index (χ2v) is 6.29. The molecule has 0 unspecified atom stereocenters. The number of thiocarbonyl (C=S) groups is 1. The van der Waals surface area contributed by atoms with Crippen LogP contribution in [0.1, 0.15) is 39.5 Å². The number of nitrogens with one attached hydrogen (secondary N) is 1. The van der Waals surface area contributed by atoms with E-state index in [0.717, 1.165) is 43.1 Å². The highest BCUT2D eigenvalue weighted by atomic mass is 32.2. The summed E-state index contributed by atoms with van der Waals surface area (Å²) in [4.78, 5) is 14.0. The van der Waals surface area contributed by atoms with E-state index in [1.807, 2.05) is 18.7 Å². The Kier molecular flexibility index (Phi) is 6.59. The number of thioether (sulfide) groups is 1. The van der Waals surface area contributed by atoms with E-state index >= 15 is 0 Å². The fraction of sp³-hybridized carbons (Fsp3) is 0.769. The van der Waals surface area contributed by atoms with Crippen LogP contribution < -0.4 is 5.32 Å². The molecule has 1 aliphatic carbocycles. The van der Waals surface area contributed by atoms with Crippen molar-refractivity contribution in [1.82, 2.24) is 10.2 Å². The molecule has 1 saturated carbocycles. The van der Waals surface area contributed by atoms with Crippen LogP contribution in [-0.2, 0) is 4.79 Å². The summed E-state index contributed by atoms with van der Waals surface area (Å²) >= 11 is 6.65. The zero-order valence-electron chi connectivity index (χ0n) is 11.6. The van der Waals surface area contributed by atoms with Gasteiger partial charge >= 0.3 is 0 Å². The van der Waals surface area contributed by atoms with Crippen molar-refractivity contribution < 1.29 is 4.79 Å². The van der Waals surface area contributed by atoms with Gasteiger partial charge < -0.3 is 10.2 Å². The molecule has 19 heavy (non-hydrogen) atoms. The average molecular weight is 299 g/mol. The van der Waals surface area contributed by atoms with E-state index in [1.54, 1.807) is 0 Å². The number of hydrogen-bond donors (Lipinski definition) is 1. The number of rotatable bonds is 5. The summed E-state index contributed by atoms with van der Waals surface area (Å²) < 4.78 is 0.748. The second-order valence-electron chi connectivity index (χ2n) is 4.68. The molecule has 106 valence electrons. The highest BCUT2D eigenvalue weighted by Gasteiger charge is 2.35. The maximum atomic E-state index is 11.9. The highest BCUT2D eigenvalue weighted by Crippen LogP contribution is 2.28. The van der Waals surface area contributed by atoms with Gasteiger partial charge in [-0.3, -0.25) is 4.79 Å². The lowest BCUT2D eigenvalue weighted by molar-refractivity contribution is -0.119. The first-order chi connectivity index (χ1) is 9.06. The minimum atomic E-state index is -0.630. The summed E-state index contributed by atoms with van der Waals surface area (Å²) in [5, 5.41) is 12.1. The van der Waals surface area contributed by atoms with Gasteiger partial charge in [-0.2, -0.15) is 5.26 Å². The van der Waals surface area contributed by atoms with Gasteiger partial charge in [0.05, 0.1) is 11.8 Å². The first kappa shape index (κ1) is 16.3. The second kappa shape index (κ2) is 7.71. The molecule has 0 aromatic rings. The van der Waals surface area contributed by atoms with Crippen LogP contribution in [0.5, 0.6) is 0 Å². The van der Waals surface area contributed by atoms with E-state index in [1.165, 1.54) is 11.8 Å². The zero-order chi connectivity index (χ0) is 14.3. The summed E-state index contributed by atoms with van der Waals surface area (Å²) in [6, 6.07) is 2.26. The summed E-state index contributed by atoms with van der Waals surface area (Å²) in [5.74, 6) is 0.196. The topological polar surface area (TPSA) is 56.1 Å². The third kappa shape index (κ3) is 4.66. The molecule has 0 bridgehead atoms. The van der Waals surface area contributed by atoms with Gasteiger partial charge in [0.1, 0.15) is 9.86 Å². The van der Waals surface area contributed by atoms with Crippen molar-refractivity contribution in [1.29, 1.82) is 5.26 Å². The molecule has 1 N–H and O–H groups in total. The van der Waals surface area contributed by atoms with Gasteiger partial charge in [0.2, 0.25) is 5.91 Å². The average Bonchev–Trinajstić information content (AvgIpc) is 2.87. The summed E-state index contributed by atoms with van der Waals surface area (Å²) in [6.07, 6.45) is 3.55. The van der Waals surface area contributed by atoms with Crippen LogP contribution in [0.2, 0.25) is 0 Å². The molecule has 1 aliphatic rings. The lowest BCUT2D eigenvalue weighted by atomic mass is 10.0. The normalized spacial score (nSPS) is 16.7. The van der Waals surface area contributed by atoms with Gasteiger partial charge in [-0.1, -0.05) is 24.0 Å². The molecule has 0 aromatic heterocycles. The predicted molar refractivity (Wildman–Crippen MR) is 82.9 cm³/mol. The summed E-state index contributed by atoms with van der Waals surface area (Å²) in [7, 11) is 0. The lowest BCUT2D eigenvalue weighted by Gasteiger charge is -2.23. The van der Waals surface area contributed by atoms with E-state index in [2.05, 4.69) is 11.4 Å². The number of nitriles is 1. The number of carbonyl (C=O) groups excluding carboxylic acids is 1. The Labute approximate surface area is 124 Å². The third-order valence-electron chi connectivity index (χ3n) is 3.40. The molecule has 0 radical (unpaired) electrons. The first-order valence-electron chi connectivity index (χ1n) is 6.71. The molecule has 0 saturated heterocycles. The number of carbonyl (C=O) groups is 1. The van der Waals surface area contributed by atoms with Crippen LogP contribution >= 0.6 is 24.0 Å². The number of hydrogen-bond acceptors (Lipinski definition) is 4. The predicted octanol–water partition coefficient (Wildman–Crippen LogP) is 2.30. The molecular formula is C13H21N3OS2. The van der Waals surface area contributed by atoms with Crippen molar-refractivity contribution in [2.45, 2.75) is 45.1 Å². The fourth-order valence-electron chi connectivity index (χ4n) is 2.25. The quantitative estimate of drug-likeness (QED) is 0.789. The van der Waals surface area contributed by atoms with Gasteiger partial charge in [-0.25, -0.2) is 0 Å². The molecule has 0 aliphatic heterocycles. The minimum Gasteiger partial charge on any atom is -0.358 e. The SMILES string of the molecule is CCN(CC)C(=S)SCC(=O)NC1(C#N)CCCC1. The Balaban J connectivity index is 2.40. The molecule has 6 heteroatoms. The van der Waals surface area contributed by atoms with Crippen molar-refractivity contribution in [2.75, 3.05) is 18.8 Å². The molecule has 1 rings (SSSR count). The molecule has 0 spiro atoms. The zero-order valence-corrected chi connectivity index (χ0v) is 13.2. The van der Waals surface area contributed by atoms with E-state index in [0.29, 0.717) is 5.75 Å². The van der Waals surface area contributed by atoms with Crippen LogP contribution in [0.4, 0.5) is 0 Å². The molecule has 4 nitrogen and oxygen atoms in total. The van der Waals surface area contributed by atoms with E-state index in [9.17, 15) is 10.1 Å². The maximum Gasteiger partial charge on any atom is 0.231 e. The van der Waals surface area contributed by atoms with Crippen molar-refractivity contribution in [2.24, 2.45) is 0 Å². The first-order valence-corrected chi connectivity index (χ1v) is 8.10. The van der Waals surface area contributed by atoms with Crippen molar-refractivity contribution in [3.05, 3.63) is 0 Å². The number of nitrogens with zero attached hydrogens (tertiary/aromatic N) is 2. The molecule has 1 fully saturated rings. The van der Waals surface area contributed by atoms with Crippen molar-refractivity contribution >= 4 is 34.2 Å². The third-order valence-corrected chi connectivity index (χ3v) is 4.92. The van der Waals surface area contributed by atoms with Crippen molar-refractivity contribution in [3.63, 3.8) is 0 Å². The minimum absolute atomic E-state index is 0.0945.